The van der Waals surface area contributed by atoms with Crippen molar-refractivity contribution in [3.05, 3.63) is 41.3 Å². The van der Waals surface area contributed by atoms with Crippen molar-refractivity contribution in [2.24, 2.45) is 0 Å². The molecule has 0 saturated heterocycles. The summed E-state index contributed by atoms with van der Waals surface area (Å²) < 4.78 is 0. The van der Waals surface area contributed by atoms with Crippen LogP contribution in [-0.4, -0.2) is 0 Å². The van der Waals surface area contributed by atoms with Crippen LogP contribution in [0.3, 0.4) is 0 Å². The summed E-state index contributed by atoms with van der Waals surface area (Å²) in [5, 5.41) is 1.73. The topological polar surface area (TPSA) is 0 Å². The Labute approximate surface area is 82.3 Å². The van der Waals surface area contributed by atoms with E-state index in [0.717, 1.165) is 0 Å². The number of benzene rings is 1. The van der Waals surface area contributed by atoms with E-state index in [4.69, 9.17) is 0 Å². The van der Waals surface area contributed by atoms with Gasteiger partial charge in [0, 0.05) is 22.4 Å². The van der Waals surface area contributed by atoms with Crippen LogP contribution in [0.25, 0.3) is 6.08 Å². The molecule has 0 aliphatic heterocycles. The monoisotopic (exact) mass is 243 g/mol. The number of rotatable bonds is 1. The molecule has 57 valence electrons. The average molecular weight is 244 g/mol. The molecule has 0 aromatic heterocycles. The van der Waals surface area contributed by atoms with Crippen molar-refractivity contribution in [3.8, 4) is 0 Å². The van der Waals surface area contributed by atoms with Gasteiger partial charge in [0.25, 0.3) is 0 Å². The summed E-state index contributed by atoms with van der Waals surface area (Å²) in [7, 11) is 0. The zero-order valence-electron chi connectivity index (χ0n) is 5.29. The van der Waals surface area contributed by atoms with E-state index in [2.05, 4.69) is 12.6 Å². The molecule has 0 fully saturated rings. The molecule has 10 heavy (non-hydrogen) atoms. The van der Waals surface area contributed by atoms with E-state index in [1.54, 1.807) is 5.41 Å². The van der Waals surface area contributed by atoms with Crippen LogP contribution in [0.1, 0.15) is 5.56 Å². The molecule has 0 aliphatic carbocycles. The smallest absolute Gasteiger partial charge is 0 e. The van der Waals surface area contributed by atoms with Gasteiger partial charge in [-0.25, -0.2) is 0 Å². The Balaban J connectivity index is 0.000000810. The van der Waals surface area contributed by atoms with E-state index < -0.39 is 0 Å². The van der Waals surface area contributed by atoms with Gasteiger partial charge >= 0.3 is 0 Å². The molecule has 1 rings (SSSR count). The maximum atomic E-state index is 3.95. The third-order valence-corrected chi connectivity index (χ3v) is 1.22. The average Bonchev–Trinajstić information content (AvgIpc) is 1.91. The minimum Gasteiger partial charge on any atom is -0.151 e. The first kappa shape index (κ1) is 10.1. The maximum Gasteiger partial charge on any atom is 0 e. The van der Waals surface area contributed by atoms with Gasteiger partial charge in [-0.2, -0.15) is 12.6 Å². The van der Waals surface area contributed by atoms with E-state index in [0.29, 0.717) is 0 Å². The Bertz CT molecular complexity index is 194. The molecule has 0 aliphatic rings. The zero-order chi connectivity index (χ0) is 6.53. The fraction of sp³-hybridized carbons (Fsp3) is 0. The summed E-state index contributed by atoms with van der Waals surface area (Å²) in [4.78, 5) is 0. The number of thiol groups is 1. The molecule has 0 atom stereocenters. The molecule has 0 unspecified atom stereocenters. The Morgan fingerprint density at radius 3 is 2.20 bits per heavy atom. The van der Waals surface area contributed by atoms with Gasteiger partial charge in [-0.15, -0.1) is 0 Å². The van der Waals surface area contributed by atoms with Gasteiger partial charge in [0.1, 0.15) is 0 Å². The van der Waals surface area contributed by atoms with Gasteiger partial charge in [0.05, 0.1) is 0 Å². The van der Waals surface area contributed by atoms with Crippen LogP contribution in [-0.2, 0) is 22.4 Å². The fourth-order valence-corrected chi connectivity index (χ4v) is 0.822. The minimum atomic E-state index is 0. The first-order valence-electron chi connectivity index (χ1n) is 2.79. The molecule has 1 aromatic carbocycles. The van der Waals surface area contributed by atoms with Gasteiger partial charge in [-0.1, -0.05) is 30.3 Å². The van der Waals surface area contributed by atoms with Crippen LogP contribution in [0.15, 0.2) is 35.7 Å². The summed E-state index contributed by atoms with van der Waals surface area (Å²) in [5.74, 6) is 0. The summed E-state index contributed by atoms with van der Waals surface area (Å²) in [5.41, 5.74) is 1.19. The SMILES string of the molecule is SC=Cc1ccccc1.[Ag]. The van der Waals surface area contributed by atoms with Crippen molar-refractivity contribution in [1.82, 2.24) is 0 Å². The second kappa shape index (κ2) is 5.81. The van der Waals surface area contributed by atoms with Crippen molar-refractivity contribution < 1.29 is 22.4 Å². The standard InChI is InChI=1S/C8H8S.Ag/c9-7-6-8-4-2-1-3-5-8;/h1-7,9H;. The van der Waals surface area contributed by atoms with Crippen LogP contribution in [0.2, 0.25) is 0 Å². The second-order valence-corrected chi connectivity index (χ2v) is 2.02. The summed E-state index contributed by atoms with van der Waals surface area (Å²) in [6.07, 6.45) is 1.95. The Kier molecular flexibility index (Phi) is 5.84. The fourth-order valence-electron chi connectivity index (χ4n) is 0.650. The molecule has 0 nitrogen and oxygen atoms in total. The molecule has 0 heterocycles. The Morgan fingerprint density at radius 1 is 1.10 bits per heavy atom. The van der Waals surface area contributed by atoms with Crippen molar-refractivity contribution in [3.63, 3.8) is 0 Å². The predicted molar refractivity (Wildman–Crippen MR) is 44.5 cm³/mol. The molecule has 0 spiro atoms. The molecule has 0 N–H and O–H groups in total. The Morgan fingerprint density at radius 2 is 1.70 bits per heavy atom. The first-order valence-corrected chi connectivity index (χ1v) is 3.31. The summed E-state index contributed by atoms with van der Waals surface area (Å²) in [6.45, 7) is 0. The first-order chi connectivity index (χ1) is 4.43. The van der Waals surface area contributed by atoms with Crippen molar-refractivity contribution >= 4 is 18.7 Å². The van der Waals surface area contributed by atoms with E-state index in [1.165, 1.54) is 5.56 Å². The molecular formula is C8H8AgS. The summed E-state index contributed by atoms with van der Waals surface area (Å²) >= 11 is 3.95. The Hall–Kier alpha value is 0.0503. The molecule has 2 heteroatoms. The third-order valence-electron chi connectivity index (χ3n) is 1.07. The van der Waals surface area contributed by atoms with E-state index in [9.17, 15) is 0 Å². The molecule has 1 aromatic rings. The van der Waals surface area contributed by atoms with E-state index in [-0.39, 0.29) is 22.4 Å². The minimum absolute atomic E-state index is 0. The van der Waals surface area contributed by atoms with Crippen LogP contribution >= 0.6 is 12.6 Å². The number of hydrogen-bond acceptors (Lipinski definition) is 1. The van der Waals surface area contributed by atoms with Crippen molar-refractivity contribution in [1.29, 1.82) is 0 Å². The van der Waals surface area contributed by atoms with E-state index in [1.807, 2.05) is 36.4 Å². The molecule has 1 radical (unpaired) electrons. The van der Waals surface area contributed by atoms with Crippen LogP contribution in [0.5, 0.6) is 0 Å². The van der Waals surface area contributed by atoms with Crippen molar-refractivity contribution in [2.45, 2.75) is 0 Å². The molecule has 0 bridgehead atoms. The van der Waals surface area contributed by atoms with Gasteiger partial charge in [-0.05, 0) is 17.0 Å². The van der Waals surface area contributed by atoms with Gasteiger partial charge in [-0.3, -0.25) is 0 Å². The van der Waals surface area contributed by atoms with Crippen LogP contribution in [0, 0.1) is 0 Å². The van der Waals surface area contributed by atoms with Gasteiger partial charge in [0.2, 0.25) is 0 Å². The third kappa shape index (κ3) is 3.28. The molecule has 0 saturated carbocycles. The normalized spacial score (nSPS) is 9.30. The molecule has 0 amide bonds. The van der Waals surface area contributed by atoms with Crippen LogP contribution in [0.4, 0.5) is 0 Å². The largest absolute Gasteiger partial charge is 0.151 e. The maximum absolute atomic E-state index is 3.95. The quantitative estimate of drug-likeness (QED) is 0.569. The molecular weight excluding hydrogens is 236 g/mol. The van der Waals surface area contributed by atoms with Crippen molar-refractivity contribution in [2.75, 3.05) is 0 Å². The number of hydrogen-bond donors (Lipinski definition) is 1. The zero-order valence-corrected chi connectivity index (χ0v) is 7.67. The second-order valence-electron chi connectivity index (χ2n) is 1.73. The predicted octanol–water partition coefficient (Wildman–Crippen LogP) is 2.58. The van der Waals surface area contributed by atoms with Gasteiger partial charge in [0.15, 0.2) is 0 Å². The van der Waals surface area contributed by atoms with Gasteiger partial charge < -0.3 is 0 Å². The van der Waals surface area contributed by atoms with Crippen LogP contribution < -0.4 is 0 Å². The van der Waals surface area contributed by atoms with E-state index >= 15 is 0 Å². The summed E-state index contributed by atoms with van der Waals surface area (Å²) in [6, 6.07) is 10.1.